The van der Waals surface area contributed by atoms with Crippen molar-refractivity contribution in [3.05, 3.63) is 36.2 Å². The van der Waals surface area contributed by atoms with Crippen molar-refractivity contribution in [2.24, 2.45) is 5.41 Å². The number of H-pyrrole nitrogens is 1. The van der Waals surface area contributed by atoms with Crippen LogP contribution in [0.5, 0.6) is 5.75 Å². The molecule has 0 amide bonds. The first-order valence-corrected chi connectivity index (χ1v) is 13.5. The van der Waals surface area contributed by atoms with Crippen LogP contribution in [0.15, 0.2) is 24.8 Å². The van der Waals surface area contributed by atoms with Crippen molar-refractivity contribution in [1.82, 2.24) is 29.5 Å². The number of aromatic amines is 1. The normalized spacial score (nSPS) is 18.6. The lowest BCUT2D eigenvalue weighted by Crippen LogP contribution is -2.50. The zero-order valence-electron chi connectivity index (χ0n) is 22.6. The van der Waals surface area contributed by atoms with Gasteiger partial charge in [0.25, 0.3) is 0 Å². The molecule has 4 aromatic heterocycles. The van der Waals surface area contributed by atoms with Crippen LogP contribution in [0.25, 0.3) is 27.8 Å². The number of nitrogens with one attached hydrogen (secondary N) is 1. The van der Waals surface area contributed by atoms with E-state index in [0.29, 0.717) is 28.1 Å². The van der Waals surface area contributed by atoms with Gasteiger partial charge in [-0.05, 0) is 43.5 Å². The highest BCUT2D eigenvalue weighted by Gasteiger charge is 2.35. The molecule has 6 heterocycles. The Morgan fingerprint density at radius 3 is 2.58 bits per heavy atom. The van der Waals surface area contributed by atoms with Gasteiger partial charge in [-0.25, -0.2) is 18.9 Å². The maximum atomic E-state index is 16.3. The number of anilines is 1. The van der Waals surface area contributed by atoms with Gasteiger partial charge >= 0.3 is 0 Å². The first-order valence-electron chi connectivity index (χ1n) is 13.5. The first-order chi connectivity index (χ1) is 18.4. The Labute approximate surface area is 221 Å². The molecule has 2 aliphatic heterocycles. The summed E-state index contributed by atoms with van der Waals surface area (Å²) in [6.45, 7) is 12.8. The molecule has 0 aliphatic carbocycles. The molecule has 2 aliphatic rings. The van der Waals surface area contributed by atoms with Crippen molar-refractivity contribution in [2.75, 3.05) is 57.9 Å². The summed E-state index contributed by atoms with van der Waals surface area (Å²) >= 11 is 0. The molecular weight excluding hydrogens is 485 g/mol. The number of methoxy groups -OCH3 is 1. The average molecular weight is 522 g/mol. The Bertz CT molecular complexity index is 1450. The van der Waals surface area contributed by atoms with E-state index in [1.165, 1.54) is 6.33 Å². The number of aromatic nitrogens is 5. The molecule has 0 unspecified atom stereocenters. The maximum absolute atomic E-state index is 16.3. The minimum Gasteiger partial charge on any atom is -0.493 e. The van der Waals surface area contributed by atoms with Gasteiger partial charge in [0.1, 0.15) is 6.33 Å². The summed E-state index contributed by atoms with van der Waals surface area (Å²) in [5.74, 6) is 0.890. The number of hydrogen-bond donors (Lipinski definition) is 1. The number of nitrogens with zero attached hydrogens (tertiary/aromatic N) is 6. The van der Waals surface area contributed by atoms with Gasteiger partial charge in [0.05, 0.1) is 37.7 Å². The number of halogens is 1. The summed E-state index contributed by atoms with van der Waals surface area (Å²) in [5, 5.41) is 4.90. The SMILES string of the molecule is COc1cc(-c2[nH]c3cnc(N4CCCN(CC5(C)COC5)CCC4)c(F)c3c2C(C)C)cn2ncnc12. The molecule has 0 saturated carbocycles. The van der Waals surface area contributed by atoms with Crippen molar-refractivity contribution >= 4 is 22.4 Å². The van der Waals surface area contributed by atoms with Crippen LogP contribution in [0.4, 0.5) is 10.2 Å². The first kappa shape index (κ1) is 25.1. The molecule has 0 atom stereocenters. The highest BCUT2D eigenvalue weighted by molar-refractivity contribution is 5.93. The lowest BCUT2D eigenvalue weighted by Gasteiger charge is -2.42. The van der Waals surface area contributed by atoms with Gasteiger partial charge in [0.15, 0.2) is 23.0 Å². The van der Waals surface area contributed by atoms with Gasteiger partial charge in [-0.3, -0.25) is 0 Å². The molecule has 0 radical (unpaired) electrons. The van der Waals surface area contributed by atoms with E-state index in [2.05, 4.69) is 50.6 Å². The standard InChI is InChI=1S/C28H36FN7O2/c1-18(2)22-23-20(33-25(22)19-11-21(37-4)26-31-17-32-36(26)13-19)12-30-27(24(23)29)35-9-5-7-34(8-6-10-35)14-28(3)15-38-16-28/h11-13,17-18,33H,5-10,14-16H2,1-4H3. The smallest absolute Gasteiger partial charge is 0.197 e. The van der Waals surface area contributed by atoms with Crippen molar-refractivity contribution < 1.29 is 13.9 Å². The predicted molar refractivity (Wildman–Crippen MR) is 145 cm³/mol. The average Bonchev–Trinajstić information content (AvgIpc) is 3.50. The highest BCUT2D eigenvalue weighted by Crippen LogP contribution is 2.40. The van der Waals surface area contributed by atoms with E-state index in [1.54, 1.807) is 17.8 Å². The molecule has 202 valence electrons. The quantitative estimate of drug-likeness (QED) is 0.400. The summed E-state index contributed by atoms with van der Waals surface area (Å²) in [6, 6.07) is 1.92. The van der Waals surface area contributed by atoms with Crippen LogP contribution < -0.4 is 9.64 Å². The fraction of sp³-hybridized carbons (Fsp3) is 0.536. The Balaban J connectivity index is 1.32. The molecule has 4 aromatic rings. The van der Waals surface area contributed by atoms with Crippen LogP contribution >= 0.6 is 0 Å². The summed E-state index contributed by atoms with van der Waals surface area (Å²) in [5.41, 5.74) is 4.24. The summed E-state index contributed by atoms with van der Waals surface area (Å²) in [7, 11) is 1.61. The van der Waals surface area contributed by atoms with Crippen LogP contribution in [0.3, 0.4) is 0 Å². The van der Waals surface area contributed by atoms with E-state index in [1.807, 2.05) is 12.3 Å². The molecule has 2 saturated heterocycles. The monoisotopic (exact) mass is 521 g/mol. The van der Waals surface area contributed by atoms with Crippen LogP contribution in [-0.2, 0) is 4.74 Å². The number of rotatable bonds is 6. The number of hydrogen-bond acceptors (Lipinski definition) is 7. The van der Waals surface area contributed by atoms with E-state index in [9.17, 15) is 0 Å². The Morgan fingerprint density at radius 1 is 1.16 bits per heavy atom. The van der Waals surface area contributed by atoms with Gasteiger partial charge in [0.2, 0.25) is 0 Å². The summed E-state index contributed by atoms with van der Waals surface area (Å²) in [4.78, 5) is 17.0. The summed E-state index contributed by atoms with van der Waals surface area (Å²) in [6.07, 6.45) is 7.12. The van der Waals surface area contributed by atoms with Crippen LogP contribution in [0.2, 0.25) is 0 Å². The lowest BCUT2D eigenvalue weighted by atomic mass is 9.88. The minimum absolute atomic E-state index is 0.0821. The second-order valence-electron chi connectivity index (χ2n) is 11.4. The number of ether oxygens (including phenoxy) is 2. The third-order valence-electron chi connectivity index (χ3n) is 7.84. The lowest BCUT2D eigenvalue weighted by molar-refractivity contribution is -0.115. The van der Waals surface area contributed by atoms with Crippen molar-refractivity contribution in [1.29, 1.82) is 0 Å². The van der Waals surface area contributed by atoms with Crippen LogP contribution in [-0.4, -0.2) is 82.5 Å². The van der Waals surface area contributed by atoms with Gasteiger partial charge in [-0.15, -0.1) is 0 Å². The van der Waals surface area contributed by atoms with Gasteiger partial charge in [-0.1, -0.05) is 20.8 Å². The van der Waals surface area contributed by atoms with Crippen molar-refractivity contribution in [3.8, 4) is 17.0 Å². The minimum atomic E-state index is -0.251. The molecule has 2 fully saturated rings. The van der Waals surface area contributed by atoms with E-state index in [4.69, 9.17) is 9.47 Å². The summed E-state index contributed by atoms with van der Waals surface area (Å²) < 4.78 is 29.0. The van der Waals surface area contributed by atoms with Crippen molar-refractivity contribution in [3.63, 3.8) is 0 Å². The third kappa shape index (κ3) is 4.39. The van der Waals surface area contributed by atoms with Crippen LogP contribution in [0.1, 0.15) is 45.1 Å². The molecule has 0 aromatic carbocycles. The molecule has 6 rings (SSSR count). The number of fused-ring (bicyclic) bond motifs is 2. The van der Waals surface area contributed by atoms with E-state index < -0.39 is 0 Å². The van der Waals surface area contributed by atoms with E-state index in [0.717, 1.165) is 75.6 Å². The second-order valence-corrected chi connectivity index (χ2v) is 11.4. The number of pyridine rings is 2. The highest BCUT2D eigenvalue weighted by atomic mass is 19.1. The largest absolute Gasteiger partial charge is 0.493 e. The van der Waals surface area contributed by atoms with Crippen molar-refractivity contribution in [2.45, 2.75) is 39.5 Å². The van der Waals surface area contributed by atoms with Gasteiger partial charge < -0.3 is 24.3 Å². The zero-order valence-corrected chi connectivity index (χ0v) is 22.6. The van der Waals surface area contributed by atoms with Gasteiger partial charge in [-0.2, -0.15) is 5.10 Å². The predicted octanol–water partition coefficient (Wildman–Crippen LogP) is 4.48. The molecular formula is C28H36FN7O2. The Morgan fingerprint density at radius 2 is 1.92 bits per heavy atom. The molecule has 0 bridgehead atoms. The second kappa shape index (κ2) is 9.81. The van der Waals surface area contributed by atoms with Crippen LogP contribution in [0, 0.1) is 11.2 Å². The fourth-order valence-electron chi connectivity index (χ4n) is 6.02. The van der Waals surface area contributed by atoms with E-state index >= 15 is 4.39 Å². The fourth-order valence-corrected chi connectivity index (χ4v) is 6.02. The topological polar surface area (TPSA) is 83.8 Å². The molecule has 1 N–H and O–H groups in total. The van der Waals surface area contributed by atoms with E-state index in [-0.39, 0.29) is 17.2 Å². The maximum Gasteiger partial charge on any atom is 0.197 e. The molecule has 9 nitrogen and oxygen atoms in total. The van der Waals surface area contributed by atoms with Gasteiger partial charge in [0, 0.05) is 42.2 Å². The zero-order chi connectivity index (χ0) is 26.4. The Kier molecular flexibility index (Phi) is 6.47. The molecule has 38 heavy (non-hydrogen) atoms. The molecule has 10 heteroatoms. The third-order valence-corrected chi connectivity index (χ3v) is 7.84. The Hall–Kier alpha value is -3.24. The molecule has 0 spiro atoms.